The number of benzene rings is 1. The summed E-state index contributed by atoms with van der Waals surface area (Å²) in [7, 11) is 0. The van der Waals surface area contributed by atoms with E-state index in [9.17, 15) is 14.0 Å². The van der Waals surface area contributed by atoms with Crippen molar-refractivity contribution < 1.29 is 14.0 Å². The lowest BCUT2D eigenvalue weighted by Gasteiger charge is -2.21. The molecule has 5 nitrogen and oxygen atoms in total. The van der Waals surface area contributed by atoms with Gasteiger partial charge in [-0.2, -0.15) is 0 Å². The minimum Gasteiger partial charge on any atom is -0.330 e. The topological polar surface area (TPSA) is 84.2 Å². The van der Waals surface area contributed by atoms with Crippen molar-refractivity contribution in [3.05, 3.63) is 24.0 Å². The molecule has 0 atom stereocenters. The van der Waals surface area contributed by atoms with Crippen LogP contribution in [0.5, 0.6) is 0 Å². The second-order valence-electron chi connectivity index (χ2n) is 7.02. The van der Waals surface area contributed by atoms with Gasteiger partial charge in [0, 0.05) is 18.0 Å². The molecule has 0 heterocycles. The van der Waals surface area contributed by atoms with Gasteiger partial charge >= 0.3 is 0 Å². The molecule has 0 aromatic heterocycles. The van der Waals surface area contributed by atoms with Crippen LogP contribution in [0.25, 0.3) is 0 Å². The van der Waals surface area contributed by atoms with Gasteiger partial charge < -0.3 is 16.4 Å². The lowest BCUT2D eigenvalue weighted by Crippen LogP contribution is -2.25. The highest BCUT2D eigenvalue weighted by molar-refractivity contribution is 5.95. The van der Waals surface area contributed by atoms with Crippen LogP contribution in [-0.4, -0.2) is 18.4 Å². The number of hydrogen-bond donors (Lipinski definition) is 3. The maximum absolute atomic E-state index is 14.0. The van der Waals surface area contributed by atoms with E-state index in [1.807, 2.05) is 0 Å². The lowest BCUT2D eigenvalue weighted by molar-refractivity contribution is -0.120. The Labute approximate surface area is 154 Å². The van der Waals surface area contributed by atoms with Gasteiger partial charge in [0.05, 0.1) is 5.69 Å². The minimum atomic E-state index is -0.492. The van der Waals surface area contributed by atoms with Crippen molar-refractivity contribution in [2.24, 2.45) is 11.7 Å². The van der Waals surface area contributed by atoms with Crippen LogP contribution >= 0.6 is 0 Å². The Balaban J connectivity index is 1.85. The van der Waals surface area contributed by atoms with Crippen LogP contribution in [0.4, 0.5) is 15.8 Å². The van der Waals surface area contributed by atoms with Crippen molar-refractivity contribution in [3.63, 3.8) is 0 Å². The number of anilines is 2. The first-order valence-electron chi connectivity index (χ1n) is 9.70. The number of amides is 2. The standard InChI is InChI=1S/C20H30FN3O2/c21-17-12-11-16(23-19(25)10-6-1-2-7-13-22)14-18(17)24-20(26)15-8-4-3-5-9-15/h11-12,14-15H,1-10,13,22H2,(H,23,25)(H,24,26). The first-order chi connectivity index (χ1) is 12.6. The Hall–Kier alpha value is -1.95. The summed E-state index contributed by atoms with van der Waals surface area (Å²) in [4.78, 5) is 24.3. The van der Waals surface area contributed by atoms with Gasteiger partial charge in [-0.1, -0.05) is 32.1 Å². The van der Waals surface area contributed by atoms with E-state index in [-0.39, 0.29) is 23.4 Å². The molecule has 6 heteroatoms. The van der Waals surface area contributed by atoms with Crippen LogP contribution < -0.4 is 16.4 Å². The van der Waals surface area contributed by atoms with E-state index in [1.165, 1.54) is 18.2 Å². The molecule has 2 rings (SSSR count). The normalized spacial score (nSPS) is 14.8. The summed E-state index contributed by atoms with van der Waals surface area (Å²) >= 11 is 0. The zero-order chi connectivity index (χ0) is 18.8. The fraction of sp³-hybridized carbons (Fsp3) is 0.600. The second kappa shape index (κ2) is 10.9. The van der Waals surface area contributed by atoms with Crippen LogP contribution in [0.1, 0.15) is 64.2 Å². The van der Waals surface area contributed by atoms with E-state index in [1.54, 1.807) is 0 Å². The Morgan fingerprint density at radius 2 is 1.77 bits per heavy atom. The predicted octanol–water partition coefficient (Wildman–Crippen LogP) is 4.19. The smallest absolute Gasteiger partial charge is 0.227 e. The molecule has 1 aliphatic carbocycles. The van der Waals surface area contributed by atoms with Crippen molar-refractivity contribution in [1.82, 2.24) is 0 Å². The van der Waals surface area contributed by atoms with E-state index in [2.05, 4.69) is 10.6 Å². The maximum atomic E-state index is 14.0. The molecule has 144 valence electrons. The highest BCUT2D eigenvalue weighted by atomic mass is 19.1. The van der Waals surface area contributed by atoms with Crippen LogP contribution in [0.3, 0.4) is 0 Å². The summed E-state index contributed by atoms with van der Waals surface area (Å²) in [5.41, 5.74) is 6.06. The first-order valence-corrected chi connectivity index (χ1v) is 9.70. The SMILES string of the molecule is NCCCCCCC(=O)Nc1ccc(F)c(NC(=O)C2CCCCC2)c1. The molecule has 1 aliphatic rings. The molecule has 0 spiro atoms. The van der Waals surface area contributed by atoms with Crippen LogP contribution in [0.15, 0.2) is 18.2 Å². The van der Waals surface area contributed by atoms with Gasteiger partial charge in [-0.05, 0) is 50.4 Å². The van der Waals surface area contributed by atoms with Gasteiger partial charge in [-0.3, -0.25) is 9.59 Å². The summed E-state index contributed by atoms with van der Waals surface area (Å²) in [5, 5.41) is 5.45. The van der Waals surface area contributed by atoms with Gasteiger partial charge in [0.25, 0.3) is 0 Å². The largest absolute Gasteiger partial charge is 0.330 e. The monoisotopic (exact) mass is 363 g/mol. The van der Waals surface area contributed by atoms with Crippen molar-refractivity contribution in [1.29, 1.82) is 0 Å². The summed E-state index contributed by atoms with van der Waals surface area (Å²) in [6, 6.07) is 4.27. The molecular formula is C20H30FN3O2. The molecule has 1 aromatic rings. The molecule has 1 fully saturated rings. The van der Waals surface area contributed by atoms with Crippen LogP contribution in [0.2, 0.25) is 0 Å². The zero-order valence-electron chi connectivity index (χ0n) is 15.4. The molecular weight excluding hydrogens is 333 g/mol. The third-order valence-electron chi connectivity index (χ3n) is 4.84. The van der Waals surface area contributed by atoms with Crippen LogP contribution in [-0.2, 0) is 9.59 Å². The van der Waals surface area contributed by atoms with Gasteiger partial charge in [-0.15, -0.1) is 0 Å². The van der Waals surface area contributed by atoms with E-state index >= 15 is 0 Å². The first kappa shape index (κ1) is 20.4. The van der Waals surface area contributed by atoms with Crippen molar-refractivity contribution >= 4 is 23.2 Å². The molecule has 1 saturated carbocycles. The molecule has 0 saturated heterocycles. The van der Waals surface area contributed by atoms with Gasteiger partial charge in [0.15, 0.2) is 0 Å². The number of nitrogens with two attached hydrogens (primary N) is 1. The van der Waals surface area contributed by atoms with Crippen LogP contribution in [0, 0.1) is 11.7 Å². The summed E-state index contributed by atoms with van der Waals surface area (Å²) in [6.07, 6.45) is 9.15. The molecule has 4 N–H and O–H groups in total. The molecule has 26 heavy (non-hydrogen) atoms. The number of rotatable bonds is 9. The fourth-order valence-electron chi connectivity index (χ4n) is 3.31. The Kier molecular flexibility index (Phi) is 8.54. The molecule has 0 aliphatic heterocycles. The number of halogens is 1. The number of carbonyl (C=O) groups is 2. The summed E-state index contributed by atoms with van der Waals surface area (Å²) in [6.45, 7) is 0.678. The summed E-state index contributed by atoms with van der Waals surface area (Å²) in [5.74, 6) is -0.773. The van der Waals surface area contributed by atoms with Crippen molar-refractivity contribution in [2.45, 2.75) is 64.2 Å². The minimum absolute atomic E-state index is 0.0464. The fourth-order valence-corrected chi connectivity index (χ4v) is 3.31. The third-order valence-corrected chi connectivity index (χ3v) is 4.84. The Morgan fingerprint density at radius 3 is 2.50 bits per heavy atom. The van der Waals surface area contributed by atoms with Gasteiger partial charge in [0.2, 0.25) is 11.8 Å². The van der Waals surface area contributed by atoms with E-state index in [4.69, 9.17) is 5.73 Å². The number of hydrogen-bond acceptors (Lipinski definition) is 3. The third kappa shape index (κ3) is 6.75. The predicted molar refractivity (Wildman–Crippen MR) is 102 cm³/mol. The molecule has 0 unspecified atom stereocenters. The molecule has 0 radical (unpaired) electrons. The van der Waals surface area contributed by atoms with Gasteiger partial charge in [-0.25, -0.2) is 4.39 Å². The van der Waals surface area contributed by atoms with Gasteiger partial charge in [0.1, 0.15) is 5.82 Å². The summed E-state index contributed by atoms with van der Waals surface area (Å²) < 4.78 is 14.0. The van der Waals surface area contributed by atoms with Crippen molar-refractivity contribution in [3.8, 4) is 0 Å². The van der Waals surface area contributed by atoms with E-state index < -0.39 is 5.82 Å². The Morgan fingerprint density at radius 1 is 1.04 bits per heavy atom. The highest BCUT2D eigenvalue weighted by Gasteiger charge is 2.22. The zero-order valence-corrected chi connectivity index (χ0v) is 15.4. The second-order valence-corrected chi connectivity index (χ2v) is 7.02. The Bertz CT molecular complexity index is 601. The molecule has 0 bridgehead atoms. The average Bonchev–Trinajstić information content (AvgIpc) is 2.65. The van der Waals surface area contributed by atoms with E-state index in [0.29, 0.717) is 18.7 Å². The maximum Gasteiger partial charge on any atom is 0.227 e. The molecule has 2 amide bonds. The van der Waals surface area contributed by atoms with Crippen molar-refractivity contribution in [2.75, 3.05) is 17.2 Å². The lowest BCUT2D eigenvalue weighted by atomic mass is 9.88. The number of unbranched alkanes of at least 4 members (excludes halogenated alkanes) is 3. The highest BCUT2D eigenvalue weighted by Crippen LogP contribution is 2.26. The quantitative estimate of drug-likeness (QED) is 0.575. The average molecular weight is 363 g/mol. The number of nitrogens with one attached hydrogen (secondary N) is 2. The number of carbonyl (C=O) groups excluding carboxylic acids is 2. The van der Waals surface area contributed by atoms with E-state index in [0.717, 1.165) is 57.8 Å². The molecule has 1 aromatic carbocycles.